The van der Waals surface area contributed by atoms with Crippen LogP contribution < -0.4 is 5.73 Å². The number of rotatable bonds is 2. The summed E-state index contributed by atoms with van der Waals surface area (Å²) in [6.45, 7) is 6.75. The van der Waals surface area contributed by atoms with E-state index in [1.54, 1.807) is 11.2 Å². The lowest BCUT2D eigenvalue weighted by Crippen LogP contribution is -2.56. The lowest BCUT2D eigenvalue weighted by molar-refractivity contribution is 0.105. The molecule has 0 amide bonds. The first-order chi connectivity index (χ1) is 8.73. The van der Waals surface area contributed by atoms with Gasteiger partial charge in [0, 0.05) is 25.2 Å². The second-order valence-corrected chi connectivity index (χ2v) is 8.27. The molecule has 0 aromatic carbocycles. The minimum Gasteiger partial charge on any atom is -0.375 e. The highest BCUT2D eigenvalue weighted by Crippen LogP contribution is 2.29. The van der Waals surface area contributed by atoms with Crippen molar-refractivity contribution in [2.75, 3.05) is 25.9 Å². The number of nitrogens with two attached hydrogens (primary N) is 1. The van der Waals surface area contributed by atoms with Crippen LogP contribution in [-0.4, -0.2) is 54.8 Å². The number of anilines is 1. The summed E-state index contributed by atoms with van der Waals surface area (Å²) >= 11 is 1.04. The second-order valence-electron chi connectivity index (χ2n) is 5.11. The normalized spacial score (nSPS) is 26.7. The van der Waals surface area contributed by atoms with Crippen molar-refractivity contribution in [1.29, 1.82) is 0 Å². The van der Waals surface area contributed by atoms with Gasteiger partial charge in [-0.15, -0.1) is 0 Å². The first-order valence-electron chi connectivity index (χ1n) is 6.18. The molecule has 2 atom stereocenters. The third-order valence-electron chi connectivity index (χ3n) is 3.67. The molecule has 6 nitrogen and oxygen atoms in total. The Hall–Kier alpha value is -0.700. The number of hydrogen-bond acceptors (Lipinski definition) is 6. The van der Waals surface area contributed by atoms with Crippen molar-refractivity contribution in [2.45, 2.75) is 37.1 Å². The summed E-state index contributed by atoms with van der Waals surface area (Å²) in [7, 11) is -1.46. The highest BCUT2D eigenvalue weighted by molar-refractivity contribution is 7.91. The molecule has 2 heterocycles. The van der Waals surface area contributed by atoms with E-state index in [0.717, 1.165) is 11.3 Å². The molecule has 8 heteroatoms. The van der Waals surface area contributed by atoms with Crippen molar-refractivity contribution in [3.8, 4) is 0 Å². The molecular formula is C11H20N4O2S2. The quantitative estimate of drug-likeness (QED) is 0.872. The Morgan fingerprint density at radius 1 is 1.32 bits per heavy atom. The highest BCUT2D eigenvalue weighted by Gasteiger charge is 2.36. The lowest BCUT2D eigenvalue weighted by Gasteiger charge is -2.41. The fraction of sp³-hybridized carbons (Fsp3) is 0.727. The van der Waals surface area contributed by atoms with Gasteiger partial charge in [0.05, 0.1) is 5.69 Å². The molecule has 0 aliphatic carbocycles. The molecule has 1 aliphatic rings. The number of sulfonamides is 1. The molecule has 1 saturated heterocycles. The van der Waals surface area contributed by atoms with E-state index in [-0.39, 0.29) is 16.3 Å². The smallest absolute Gasteiger partial charge is 0.254 e. The number of hydrogen-bond donors (Lipinski definition) is 1. The number of thiazole rings is 1. The summed E-state index contributed by atoms with van der Waals surface area (Å²) in [5.74, 6) is 0. The minimum atomic E-state index is -3.48. The number of likely N-dealkylation sites (N-methyl/N-ethyl adjacent to an activating group) is 1. The molecule has 0 radical (unpaired) electrons. The van der Waals surface area contributed by atoms with Gasteiger partial charge in [-0.3, -0.25) is 4.90 Å². The van der Waals surface area contributed by atoms with Gasteiger partial charge < -0.3 is 5.73 Å². The molecular weight excluding hydrogens is 284 g/mol. The number of aromatic nitrogens is 1. The van der Waals surface area contributed by atoms with Crippen LogP contribution in [0.3, 0.4) is 0 Å². The molecule has 0 spiro atoms. The van der Waals surface area contributed by atoms with Gasteiger partial charge in [0.25, 0.3) is 10.0 Å². The Balaban J connectivity index is 2.33. The van der Waals surface area contributed by atoms with Crippen LogP contribution in [0.1, 0.15) is 19.5 Å². The summed E-state index contributed by atoms with van der Waals surface area (Å²) in [4.78, 5) is 6.20. The molecule has 2 rings (SSSR count). The van der Waals surface area contributed by atoms with Gasteiger partial charge in [-0.25, -0.2) is 13.4 Å². The Kier molecular flexibility index (Phi) is 3.87. The maximum atomic E-state index is 12.6. The van der Waals surface area contributed by atoms with Gasteiger partial charge >= 0.3 is 0 Å². The van der Waals surface area contributed by atoms with E-state index in [1.165, 1.54) is 0 Å². The maximum absolute atomic E-state index is 12.6. The van der Waals surface area contributed by atoms with Crippen LogP contribution >= 0.6 is 11.3 Å². The molecule has 1 fully saturated rings. The fourth-order valence-electron chi connectivity index (χ4n) is 2.31. The number of piperazine rings is 1. The van der Waals surface area contributed by atoms with Gasteiger partial charge in [0.2, 0.25) is 0 Å². The first-order valence-corrected chi connectivity index (χ1v) is 8.44. The van der Waals surface area contributed by atoms with Crippen LogP contribution in [0.4, 0.5) is 5.13 Å². The Bertz CT molecular complexity index is 557. The van der Waals surface area contributed by atoms with Crippen LogP contribution in [0.25, 0.3) is 0 Å². The molecule has 0 saturated carbocycles. The molecule has 1 aromatic rings. The SMILES string of the molecule is Cc1nc(N)sc1S(=O)(=O)N1CC(C)N(C)C(C)C1. The Morgan fingerprint density at radius 2 is 1.84 bits per heavy atom. The lowest BCUT2D eigenvalue weighted by atomic mass is 10.1. The van der Waals surface area contributed by atoms with Crippen LogP contribution in [0.15, 0.2) is 4.21 Å². The highest BCUT2D eigenvalue weighted by atomic mass is 32.2. The van der Waals surface area contributed by atoms with Gasteiger partial charge in [-0.2, -0.15) is 4.31 Å². The van der Waals surface area contributed by atoms with E-state index < -0.39 is 10.0 Å². The predicted octanol–water partition coefficient (Wildman–Crippen LogP) is 0.747. The summed E-state index contributed by atoms with van der Waals surface area (Å²) in [6, 6.07) is 0.396. The molecule has 1 aliphatic heterocycles. The van der Waals surface area contributed by atoms with Crippen LogP contribution in [0.2, 0.25) is 0 Å². The zero-order valence-corrected chi connectivity index (χ0v) is 13.3. The van der Waals surface area contributed by atoms with E-state index >= 15 is 0 Å². The van der Waals surface area contributed by atoms with Crippen molar-refractivity contribution in [3.63, 3.8) is 0 Å². The van der Waals surface area contributed by atoms with Crippen LogP contribution in [0.5, 0.6) is 0 Å². The maximum Gasteiger partial charge on any atom is 0.254 e. The van der Waals surface area contributed by atoms with E-state index in [9.17, 15) is 8.42 Å². The predicted molar refractivity (Wildman–Crippen MR) is 76.7 cm³/mol. The van der Waals surface area contributed by atoms with Crippen molar-refractivity contribution >= 4 is 26.5 Å². The largest absolute Gasteiger partial charge is 0.375 e. The Labute approximate surface area is 118 Å². The van der Waals surface area contributed by atoms with Crippen molar-refractivity contribution in [3.05, 3.63) is 5.69 Å². The second kappa shape index (κ2) is 5.01. The van der Waals surface area contributed by atoms with Crippen molar-refractivity contribution < 1.29 is 8.42 Å². The standard InChI is InChI=1S/C11H20N4O2S2/c1-7-5-15(6-8(2)14(7)4)19(16,17)10-9(3)13-11(12)18-10/h7-8H,5-6H2,1-4H3,(H2,12,13). The molecule has 19 heavy (non-hydrogen) atoms. The summed E-state index contributed by atoms with van der Waals surface area (Å²) in [6.07, 6.45) is 0. The van der Waals surface area contributed by atoms with Crippen molar-refractivity contribution in [1.82, 2.24) is 14.2 Å². The topological polar surface area (TPSA) is 79.5 Å². The van der Waals surface area contributed by atoms with E-state index in [4.69, 9.17) is 5.73 Å². The Morgan fingerprint density at radius 3 is 2.26 bits per heavy atom. The summed E-state index contributed by atoms with van der Waals surface area (Å²) < 4.78 is 27.1. The van der Waals surface area contributed by atoms with Crippen LogP contribution in [0, 0.1) is 6.92 Å². The molecule has 2 N–H and O–H groups in total. The minimum absolute atomic E-state index is 0.198. The molecule has 108 valence electrons. The molecule has 1 aromatic heterocycles. The third-order valence-corrected chi connectivity index (χ3v) is 7.08. The average molecular weight is 304 g/mol. The van der Waals surface area contributed by atoms with Crippen molar-refractivity contribution in [2.24, 2.45) is 0 Å². The van der Waals surface area contributed by atoms with Crippen LogP contribution in [-0.2, 0) is 10.0 Å². The summed E-state index contributed by atoms with van der Waals surface area (Å²) in [5.41, 5.74) is 6.09. The van der Waals surface area contributed by atoms with Gasteiger partial charge in [0.15, 0.2) is 9.34 Å². The fourth-order valence-corrected chi connectivity index (χ4v) is 5.35. The van der Waals surface area contributed by atoms with Gasteiger partial charge in [0.1, 0.15) is 0 Å². The molecule has 2 unspecified atom stereocenters. The number of nitrogens with zero attached hydrogens (tertiary/aromatic N) is 3. The third kappa shape index (κ3) is 2.62. The average Bonchev–Trinajstić information content (AvgIpc) is 2.65. The number of aryl methyl sites for hydroxylation is 1. The monoisotopic (exact) mass is 304 g/mol. The van der Waals surface area contributed by atoms with Gasteiger partial charge in [-0.05, 0) is 27.8 Å². The summed E-state index contributed by atoms with van der Waals surface area (Å²) in [5, 5.41) is 0.297. The molecule has 0 bridgehead atoms. The zero-order chi connectivity index (χ0) is 14.4. The first kappa shape index (κ1) is 14.7. The number of nitrogen functional groups attached to an aromatic ring is 1. The van der Waals surface area contributed by atoms with E-state index in [1.807, 2.05) is 20.9 Å². The van der Waals surface area contributed by atoms with E-state index in [2.05, 4.69) is 9.88 Å². The van der Waals surface area contributed by atoms with Gasteiger partial charge in [-0.1, -0.05) is 11.3 Å². The van der Waals surface area contributed by atoms with E-state index in [0.29, 0.717) is 23.9 Å². The zero-order valence-electron chi connectivity index (χ0n) is 11.6.